The van der Waals surface area contributed by atoms with Gasteiger partial charge < -0.3 is 9.47 Å². The van der Waals surface area contributed by atoms with Crippen molar-refractivity contribution in [3.8, 4) is 11.5 Å². The second-order valence-electron chi connectivity index (χ2n) is 7.48. The molecule has 0 radical (unpaired) electrons. The van der Waals surface area contributed by atoms with Crippen molar-refractivity contribution >= 4 is 38.5 Å². The average molecular weight is 485 g/mol. The second-order valence-corrected chi connectivity index (χ2v) is 8.33. The van der Waals surface area contributed by atoms with Gasteiger partial charge in [0, 0.05) is 5.56 Å². The summed E-state index contributed by atoms with van der Waals surface area (Å²) in [5.74, 6) is 0.905. The third-order valence-corrected chi connectivity index (χ3v) is 5.17. The molecule has 3 aromatic rings. The van der Waals surface area contributed by atoms with E-state index in [1.807, 2.05) is 36.4 Å². The highest BCUT2D eigenvalue weighted by Gasteiger charge is 2.11. The van der Waals surface area contributed by atoms with Crippen LogP contribution in [0.15, 0.2) is 65.1 Å². The van der Waals surface area contributed by atoms with Gasteiger partial charge in [-0.1, -0.05) is 44.2 Å². The van der Waals surface area contributed by atoms with Crippen LogP contribution >= 0.6 is 15.9 Å². The molecule has 0 atom stereocenters. The van der Waals surface area contributed by atoms with E-state index in [0.717, 1.165) is 17.2 Å². The summed E-state index contributed by atoms with van der Waals surface area (Å²) in [6.45, 7) is 4.65. The fourth-order valence-corrected chi connectivity index (χ4v) is 3.30. The van der Waals surface area contributed by atoms with Gasteiger partial charge >= 0.3 is 0 Å². The molecule has 6 nitrogen and oxygen atoms in total. The summed E-state index contributed by atoms with van der Waals surface area (Å²) in [4.78, 5) is 24.3. The van der Waals surface area contributed by atoms with Crippen LogP contribution in [0.3, 0.4) is 0 Å². The first-order chi connectivity index (χ1) is 14.9. The van der Waals surface area contributed by atoms with Crippen LogP contribution in [-0.4, -0.2) is 25.0 Å². The lowest BCUT2D eigenvalue weighted by molar-refractivity contribution is -0.123. The second kappa shape index (κ2) is 10.8. The summed E-state index contributed by atoms with van der Waals surface area (Å²) in [6.07, 6.45) is 0.946. The maximum absolute atomic E-state index is 12.3. The number of hydrogen-bond donors (Lipinski definition) is 2. The Kier molecular flexibility index (Phi) is 7.89. The van der Waals surface area contributed by atoms with Gasteiger partial charge in [0.25, 0.3) is 11.8 Å². The van der Waals surface area contributed by atoms with Crippen LogP contribution in [0.4, 0.5) is 0 Å². The molecule has 0 aliphatic rings. The van der Waals surface area contributed by atoms with E-state index in [9.17, 15) is 9.59 Å². The van der Waals surface area contributed by atoms with E-state index in [1.165, 1.54) is 0 Å². The molecule has 0 saturated heterocycles. The van der Waals surface area contributed by atoms with Gasteiger partial charge in [0.15, 0.2) is 6.61 Å². The van der Waals surface area contributed by atoms with Crippen molar-refractivity contribution in [2.75, 3.05) is 13.2 Å². The Morgan fingerprint density at radius 2 is 1.71 bits per heavy atom. The van der Waals surface area contributed by atoms with E-state index in [4.69, 9.17) is 9.47 Å². The predicted molar refractivity (Wildman–Crippen MR) is 124 cm³/mol. The molecule has 0 fully saturated rings. The predicted octanol–water partition coefficient (Wildman–Crippen LogP) is 4.87. The van der Waals surface area contributed by atoms with Crippen molar-refractivity contribution in [1.29, 1.82) is 0 Å². The first-order valence-corrected chi connectivity index (χ1v) is 10.8. The van der Waals surface area contributed by atoms with Crippen molar-refractivity contribution < 1.29 is 19.1 Å². The number of carbonyl (C=O) groups is 2. The Morgan fingerprint density at radius 3 is 2.45 bits per heavy atom. The molecular weight excluding hydrogens is 460 g/mol. The highest BCUT2D eigenvalue weighted by molar-refractivity contribution is 9.10. The van der Waals surface area contributed by atoms with Crippen molar-refractivity contribution in [2.45, 2.75) is 20.3 Å². The number of amides is 2. The van der Waals surface area contributed by atoms with Gasteiger partial charge in [-0.05, 0) is 69.4 Å². The number of benzene rings is 3. The molecule has 0 aliphatic heterocycles. The Hall–Kier alpha value is -3.06. The van der Waals surface area contributed by atoms with E-state index >= 15 is 0 Å². The van der Waals surface area contributed by atoms with Gasteiger partial charge in [0.05, 0.1) is 11.1 Å². The van der Waals surface area contributed by atoms with Crippen molar-refractivity contribution in [1.82, 2.24) is 10.9 Å². The first kappa shape index (κ1) is 22.6. The molecular formula is C24H25BrN2O4. The zero-order valence-corrected chi connectivity index (χ0v) is 19.1. The molecule has 2 amide bonds. The van der Waals surface area contributed by atoms with Crippen LogP contribution in [0.1, 0.15) is 30.6 Å². The van der Waals surface area contributed by atoms with E-state index in [1.54, 1.807) is 24.3 Å². The molecule has 0 aromatic heterocycles. The fraction of sp³-hybridized carbons (Fsp3) is 0.250. The van der Waals surface area contributed by atoms with Crippen LogP contribution in [0.25, 0.3) is 10.8 Å². The maximum atomic E-state index is 12.3. The topological polar surface area (TPSA) is 76.7 Å². The van der Waals surface area contributed by atoms with E-state index in [0.29, 0.717) is 34.1 Å². The van der Waals surface area contributed by atoms with E-state index in [-0.39, 0.29) is 6.61 Å². The standard InChI is InChI=1S/C24H25BrN2O4/c1-16(2)11-12-30-22-10-8-19(14-21(22)25)24(29)27-26-23(28)15-31-20-9-7-17-5-3-4-6-18(17)13-20/h3-10,13-14,16H,11-12,15H2,1-2H3,(H,26,28)(H,27,29). The highest BCUT2D eigenvalue weighted by Crippen LogP contribution is 2.26. The molecule has 31 heavy (non-hydrogen) atoms. The molecule has 2 N–H and O–H groups in total. The Bertz CT molecular complexity index is 1070. The van der Waals surface area contributed by atoms with Gasteiger partial charge in [-0.15, -0.1) is 0 Å². The number of hydrazine groups is 1. The van der Waals surface area contributed by atoms with Crippen LogP contribution in [0, 0.1) is 5.92 Å². The van der Waals surface area contributed by atoms with E-state index < -0.39 is 11.8 Å². The molecule has 0 unspecified atom stereocenters. The first-order valence-electron chi connectivity index (χ1n) is 10.1. The molecule has 0 heterocycles. The molecule has 3 rings (SSSR count). The monoisotopic (exact) mass is 484 g/mol. The summed E-state index contributed by atoms with van der Waals surface area (Å²) in [6, 6.07) is 18.5. The van der Waals surface area contributed by atoms with Gasteiger partial charge in [0.1, 0.15) is 11.5 Å². The Morgan fingerprint density at radius 1 is 0.935 bits per heavy atom. The number of carbonyl (C=O) groups excluding carboxylic acids is 2. The lowest BCUT2D eigenvalue weighted by Gasteiger charge is -2.12. The summed E-state index contributed by atoms with van der Waals surface area (Å²) in [7, 11) is 0. The SMILES string of the molecule is CC(C)CCOc1ccc(C(=O)NNC(=O)COc2ccc3ccccc3c2)cc1Br. The minimum Gasteiger partial charge on any atom is -0.492 e. The normalized spacial score (nSPS) is 10.7. The lowest BCUT2D eigenvalue weighted by atomic mass is 10.1. The zero-order valence-electron chi connectivity index (χ0n) is 17.5. The molecule has 0 spiro atoms. The molecule has 0 bridgehead atoms. The fourth-order valence-electron chi connectivity index (χ4n) is 2.80. The van der Waals surface area contributed by atoms with Crippen LogP contribution in [-0.2, 0) is 4.79 Å². The Labute approximate surface area is 190 Å². The van der Waals surface area contributed by atoms with Gasteiger partial charge in [-0.25, -0.2) is 0 Å². The Balaban J connectivity index is 1.47. The van der Waals surface area contributed by atoms with Crippen LogP contribution in [0.5, 0.6) is 11.5 Å². The molecule has 3 aromatic carbocycles. The number of fused-ring (bicyclic) bond motifs is 1. The quantitative estimate of drug-likeness (QED) is 0.447. The minimum absolute atomic E-state index is 0.217. The lowest BCUT2D eigenvalue weighted by Crippen LogP contribution is -2.43. The maximum Gasteiger partial charge on any atom is 0.276 e. The summed E-state index contributed by atoms with van der Waals surface area (Å²) >= 11 is 3.42. The number of halogens is 1. The number of rotatable bonds is 8. The largest absolute Gasteiger partial charge is 0.492 e. The van der Waals surface area contributed by atoms with Gasteiger partial charge in [-0.3, -0.25) is 20.4 Å². The third-order valence-electron chi connectivity index (χ3n) is 4.55. The van der Waals surface area contributed by atoms with Crippen LogP contribution in [0.2, 0.25) is 0 Å². The summed E-state index contributed by atoms with van der Waals surface area (Å²) in [5.41, 5.74) is 5.14. The number of hydrogen-bond acceptors (Lipinski definition) is 4. The van der Waals surface area contributed by atoms with E-state index in [2.05, 4.69) is 40.6 Å². The van der Waals surface area contributed by atoms with Gasteiger partial charge in [-0.2, -0.15) is 0 Å². The van der Waals surface area contributed by atoms with Crippen molar-refractivity contribution in [3.63, 3.8) is 0 Å². The summed E-state index contributed by atoms with van der Waals surface area (Å²) in [5, 5.41) is 2.12. The van der Waals surface area contributed by atoms with Crippen molar-refractivity contribution in [3.05, 3.63) is 70.7 Å². The molecule has 0 saturated carbocycles. The van der Waals surface area contributed by atoms with Gasteiger partial charge in [0.2, 0.25) is 0 Å². The smallest absolute Gasteiger partial charge is 0.276 e. The van der Waals surface area contributed by atoms with Crippen LogP contribution < -0.4 is 20.3 Å². The molecule has 0 aliphatic carbocycles. The number of ether oxygens (including phenoxy) is 2. The number of nitrogens with one attached hydrogen (secondary N) is 2. The van der Waals surface area contributed by atoms with Crippen molar-refractivity contribution in [2.24, 2.45) is 5.92 Å². The highest BCUT2D eigenvalue weighted by atomic mass is 79.9. The minimum atomic E-state index is -0.464. The summed E-state index contributed by atoms with van der Waals surface area (Å²) < 4.78 is 11.9. The average Bonchev–Trinajstić information content (AvgIpc) is 2.76. The molecule has 7 heteroatoms. The molecule has 162 valence electrons. The third kappa shape index (κ3) is 6.72. The zero-order chi connectivity index (χ0) is 22.2.